The Balaban J connectivity index is 1.32. The minimum atomic E-state index is -0.484. The molecule has 3 nitrogen and oxygen atoms in total. The van der Waals surface area contributed by atoms with Crippen LogP contribution in [-0.4, -0.2) is 18.4 Å². The summed E-state index contributed by atoms with van der Waals surface area (Å²) in [6, 6.07) is 25.0. The fraction of sp³-hybridized carbons (Fsp3) is 0.259. The molecule has 0 saturated heterocycles. The monoisotopic (exact) mass is 398 g/mol. The van der Waals surface area contributed by atoms with E-state index >= 15 is 0 Å². The van der Waals surface area contributed by atoms with Gasteiger partial charge in [0.1, 0.15) is 0 Å². The van der Waals surface area contributed by atoms with Crippen molar-refractivity contribution in [3.63, 3.8) is 0 Å². The van der Waals surface area contributed by atoms with E-state index < -0.39 is 5.97 Å². The van der Waals surface area contributed by atoms with Crippen LogP contribution in [0.2, 0.25) is 0 Å². The van der Waals surface area contributed by atoms with Crippen LogP contribution in [-0.2, 0) is 4.74 Å². The first kappa shape index (κ1) is 20.1. The fourth-order valence-electron chi connectivity index (χ4n) is 4.10. The van der Waals surface area contributed by atoms with Crippen molar-refractivity contribution in [2.45, 2.75) is 38.0 Å². The van der Waals surface area contributed by atoms with Gasteiger partial charge in [-0.15, -0.1) is 0 Å². The summed E-state index contributed by atoms with van der Waals surface area (Å²) in [5.41, 5.74) is 4.45. The van der Waals surface area contributed by atoms with Crippen LogP contribution in [0.3, 0.4) is 0 Å². The molecule has 0 heterocycles. The van der Waals surface area contributed by atoms with Gasteiger partial charge in [-0.1, -0.05) is 86.0 Å². The molecule has 1 aliphatic carbocycles. The van der Waals surface area contributed by atoms with Gasteiger partial charge in [0.2, 0.25) is 0 Å². The Bertz CT molecular complexity index is 983. The number of benzene rings is 3. The van der Waals surface area contributed by atoms with Gasteiger partial charge < -0.3 is 4.74 Å². The maximum absolute atomic E-state index is 12.4. The Morgan fingerprint density at radius 3 is 1.97 bits per heavy atom. The summed E-state index contributed by atoms with van der Waals surface area (Å²) in [4.78, 5) is 24.7. The summed E-state index contributed by atoms with van der Waals surface area (Å²) in [6.07, 6.45) is 6.36. The van der Waals surface area contributed by atoms with E-state index in [2.05, 4.69) is 0 Å². The second kappa shape index (κ2) is 9.53. The van der Waals surface area contributed by atoms with Crippen molar-refractivity contribution in [3.05, 3.63) is 95.6 Å². The number of carbonyl (C=O) groups is 2. The minimum absolute atomic E-state index is 0.181. The van der Waals surface area contributed by atoms with E-state index in [0.29, 0.717) is 17.0 Å². The van der Waals surface area contributed by atoms with Crippen molar-refractivity contribution in [2.24, 2.45) is 0 Å². The maximum atomic E-state index is 12.4. The molecule has 152 valence electrons. The van der Waals surface area contributed by atoms with E-state index in [-0.39, 0.29) is 12.4 Å². The molecule has 0 aliphatic heterocycles. The topological polar surface area (TPSA) is 43.4 Å². The molecule has 4 rings (SSSR count). The lowest BCUT2D eigenvalue weighted by atomic mass is 9.84. The quantitative estimate of drug-likeness (QED) is 0.354. The second-order valence-corrected chi connectivity index (χ2v) is 7.90. The van der Waals surface area contributed by atoms with Gasteiger partial charge in [0.15, 0.2) is 12.4 Å². The van der Waals surface area contributed by atoms with Crippen molar-refractivity contribution < 1.29 is 14.3 Å². The predicted molar refractivity (Wildman–Crippen MR) is 119 cm³/mol. The van der Waals surface area contributed by atoms with E-state index in [4.69, 9.17) is 4.74 Å². The molecule has 0 amide bonds. The lowest BCUT2D eigenvalue weighted by Crippen LogP contribution is -2.14. The molecule has 1 fully saturated rings. The number of hydrogen-bond acceptors (Lipinski definition) is 3. The largest absolute Gasteiger partial charge is 0.454 e. The van der Waals surface area contributed by atoms with Crippen LogP contribution in [0, 0.1) is 0 Å². The average Bonchev–Trinajstić information content (AvgIpc) is 2.83. The summed E-state index contributed by atoms with van der Waals surface area (Å²) in [5.74, 6) is -0.0548. The highest BCUT2D eigenvalue weighted by molar-refractivity contribution is 5.99. The van der Waals surface area contributed by atoms with Crippen LogP contribution in [0.4, 0.5) is 0 Å². The molecule has 0 bridgehead atoms. The van der Waals surface area contributed by atoms with Crippen LogP contribution in [0.1, 0.15) is 64.3 Å². The molecular formula is C27H26O3. The molecule has 1 aliphatic rings. The maximum Gasteiger partial charge on any atom is 0.338 e. The first-order valence-corrected chi connectivity index (χ1v) is 10.7. The van der Waals surface area contributed by atoms with E-state index in [1.165, 1.54) is 37.7 Å². The smallest absolute Gasteiger partial charge is 0.338 e. The van der Waals surface area contributed by atoms with Gasteiger partial charge in [0, 0.05) is 5.56 Å². The van der Waals surface area contributed by atoms with Gasteiger partial charge in [-0.2, -0.15) is 0 Å². The van der Waals surface area contributed by atoms with Gasteiger partial charge in [-0.05, 0) is 47.6 Å². The van der Waals surface area contributed by atoms with Gasteiger partial charge >= 0.3 is 5.97 Å². The Labute approximate surface area is 177 Å². The first-order valence-electron chi connectivity index (χ1n) is 10.7. The standard InChI is InChI=1S/C27H26O3/c28-26(24-15-11-22(12-16-24)20-7-3-1-4-8-20)19-30-27(29)25-17-13-23(14-18-25)21-9-5-2-6-10-21/h2,5-6,9-18,20H,1,3-4,7-8,19H2. The predicted octanol–water partition coefficient (Wildman–Crippen LogP) is 6.44. The van der Waals surface area contributed by atoms with Gasteiger partial charge in [-0.25, -0.2) is 4.79 Å². The van der Waals surface area contributed by atoms with E-state index in [9.17, 15) is 9.59 Å². The molecule has 3 aromatic carbocycles. The molecule has 0 N–H and O–H groups in total. The number of carbonyl (C=O) groups excluding carboxylic acids is 2. The van der Waals surface area contributed by atoms with Crippen LogP contribution < -0.4 is 0 Å². The zero-order valence-electron chi connectivity index (χ0n) is 17.1. The van der Waals surface area contributed by atoms with Crippen molar-refractivity contribution in [1.82, 2.24) is 0 Å². The lowest BCUT2D eigenvalue weighted by molar-refractivity contribution is 0.0475. The van der Waals surface area contributed by atoms with Crippen molar-refractivity contribution in [1.29, 1.82) is 0 Å². The summed E-state index contributed by atoms with van der Waals surface area (Å²) < 4.78 is 5.25. The third kappa shape index (κ3) is 4.85. The summed E-state index contributed by atoms with van der Waals surface area (Å²) in [6.45, 7) is -0.248. The molecular weight excluding hydrogens is 372 g/mol. The second-order valence-electron chi connectivity index (χ2n) is 7.90. The van der Waals surface area contributed by atoms with Crippen LogP contribution in [0.15, 0.2) is 78.9 Å². The summed E-state index contributed by atoms with van der Waals surface area (Å²) >= 11 is 0. The third-order valence-electron chi connectivity index (χ3n) is 5.87. The molecule has 0 atom stereocenters. The Kier molecular flexibility index (Phi) is 6.38. The fourth-order valence-corrected chi connectivity index (χ4v) is 4.10. The van der Waals surface area contributed by atoms with E-state index in [0.717, 1.165) is 11.1 Å². The number of ether oxygens (including phenoxy) is 1. The normalized spacial score (nSPS) is 14.3. The number of ketones is 1. The van der Waals surface area contributed by atoms with Gasteiger partial charge in [0.05, 0.1) is 5.56 Å². The van der Waals surface area contributed by atoms with Crippen LogP contribution >= 0.6 is 0 Å². The average molecular weight is 399 g/mol. The van der Waals surface area contributed by atoms with E-state index in [1.54, 1.807) is 12.1 Å². The Hall–Kier alpha value is -3.20. The molecule has 0 aromatic heterocycles. The van der Waals surface area contributed by atoms with Gasteiger partial charge in [-0.3, -0.25) is 4.79 Å². The first-order chi connectivity index (χ1) is 14.7. The molecule has 30 heavy (non-hydrogen) atoms. The molecule has 0 radical (unpaired) electrons. The van der Waals surface area contributed by atoms with Crippen molar-refractivity contribution in [2.75, 3.05) is 6.61 Å². The molecule has 3 aromatic rings. The number of esters is 1. The third-order valence-corrected chi connectivity index (χ3v) is 5.87. The van der Waals surface area contributed by atoms with Crippen LogP contribution in [0.25, 0.3) is 11.1 Å². The van der Waals surface area contributed by atoms with Crippen LogP contribution in [0.5, 0.6) is 0 Å². The van der Waals surface area contributed by atoms with Crippen molar-refractivity contribution >= 4 is 11.8 Å². The van der Waals surface area contributed by atoms with Gasteiger partial charge in [0.25, 0.3) is 0 Å². The zero-order valence-corrected chi connectivity index (χ0v) is 17.1. The molecule has 3 heteroatoms. The highest BCUT2D eigenvalue weighted by atomic mass is 16.5. The summed E-state index contributed by atoms with van der Waals surface area (Å²) in [7, 11) is 0. The lowest BCUT2D eigenvalue weighted by Gasteiger charge is -2.22. The minimum Gasteiger partial charge on any atom is -0.454 e. The van der Waals surface area contributed by atoms with E-state index in [1.807, 2.05) is 66.7 Å². The molecule has 0 unspecified atom stereocenters. The molecule has 1 saturated carbocycles. The summed E-state index contributed by atoms with van der Waals surface area (Å²) in [5, 5.41) is 0. The highest BCUT2D eigenvalue weighted by Crippen LogP contribution is 2.32. The Morgan fingerprint density at radius 2 is 1.30 bits per heavy atom. The number of rotatable bonds is 6. The number of Topliss-reactive ketones (excluding diaryl/α,β-unsaturated/α-hetero) is 1. The highest BCUT2D eigenvalue weighted by Gasteiger charge is 2.17. The van der Waals surface area contributed by atoms with Crippen molar-refractivity contribution in [3.8, 4) is 11.1 Å². The zero-order chi connectivity index (χ0) is 20.8. The number of hydrogen-bond donors (Lipinski definition) is 0. The SMILES string of the molecule is O=C(COC(=O)c1ccc(-c2ccccc2)cc1)c1ccc(C2CCCCC2)cc1. The Morgan fingerprint density at radius 1 is 0.700 bits per heavy atom. The molecule has 0 spiro atoms.